The van der Waals surface area contributed by atoms with Gasteiger partial charge in [0, 0.05) is 39.4 Å². The Morgan fingerprint density at radius 1 is 0.674 bits per heavy atom. The van der Waals surface area contributed by atoms with Gasteiger partial charge in [-0.25, -0.2) is 9.97 Å². The summed E-state index contributed by atoms with van der Waals surface area (Å²) in [4.78, 5) is 42.2. The van der Waals surface area contributed by atoms with E-state index in [1.807, 2.05) is 4.57 Å². The molecule has 0 radical (unpaired) electrons. The van der Waals surface area contributed by atoms with E-state index in [1.54, 1.807) is 10.9 Å². The standard InChI is InChI=1S/C15H18ClN5O3.C14H18ClN5O2/c16-15-18-13(20-4-7-23-8-5-20)12-14(19-15)21(10(9-22)17-12)11-3-1-2-6-24-11;15-14-17-12(19-4-7-21-8-5-19)11-13(18-14)20(9-16-11)10-3-1-2-6-22-10/h9,11H,1-8H2;9-10H,1-8H2. The monoisotopic (exact) mass is 674 g/mol. The van der Waals surface area contributed by atoms with Crippen LogP contribution in [0.4, 0.5) is 11.6 Å². The van der Waals surface area contributed by atoms with Crippen LogP contribution in [0.5, 0.6) is 0 Å². The van der Waals surface area contributed by atoms with Crippen molar-refractivity contribution in [2.75, 3.05) is 75.6 Å². The average Bonchev–Trinajstić information content (AvgIpc) is 3.71. The minimum absolute atomic E-state index is 0.0118. The fraction of sp³-hybridized carbons (Fsp3) is 0.621. The van der Waals surface area contributed by atoms with Crippen LogP contribution in [0.1, 0.15) is 61.6 Å². The molecule has 0 bridgehead atoms. The van der Waals surface area contributed by atoms with Crippen LogP contribution < -0.4 is 9.80 Å². The molecule has 46 heavy (non-hydrogen) atoms. The number of fused-ring (bicyclic) bond motifs is 2. The maximum Gasteiger partial charge on any atom is 0.226 e. The second-order valence-corrected chi connectivity index (χ2v) is 12.1. The molecular weight excluding hydrogens is 639 g/mol. The van der Waals surface area contributed by atoms with E-state index in [2.05, 4.69) is 39.7 Å². The zero-order valence-electron chi connectivity index (χ0n) is 25.4. The van der Waals surface area contributed by atoms with E-state index >= 15 is 0 Å². The van der Waals surface area contributed by atoms with Crippen LogP contribution in [0, 0.1) is 0 Å². The van der Waals surface area contributed by atoms with E-state index in [-0.39, 0.29) is 23.0 Å². The maximum atomic E-state index is 11.6. The van der Waals surface area contributed by atoms with Gasteiger partial charge in [0.15, 0.2) is 46.1 Å². The van der Waals surface area contributed by atoms with Crippen LogP contribution >= 0.6 is 23.2 Å². The van der Waals surface area contributed by atoms with Gasteiger partial charge in [-0.3, -0.25) is 13.9 Å². The number of imidazole rings is 2. The first-order valence-electron chi connectivity index (χ1n) is 15.8. The van der Waals surface area contributed by atoms with Crippen molar-refractivity contribution in [1.82, 2.24) is 39.0 Å². The van der Waals surface area contributed by atoms with Gasteiger partial charge in [-0.2, -0.15) is 19.9 Å². The van der Waals surface area contributed by atoms with Crippen molar-refractivity contribution in [3.63, 3.8) is 0 Å². The fourth-order valence-electron chi connectivity index (χ4n) is 6.27. The number of ether oxygens (including phenoxy) is 4. The first-order chi connectivity index (χ1) is 22.6. The highest BCUT2D eigenvalue weighted by Crippen LogP contribution is 2.33. The lowest BCUT2D eigenvalue weighted by Gasteiger charge is -2.28. The molecule has 0 amide bonds. The number of morpholine rings is 2. The van der Waals surface area contributed by atoms with Crippen molar-refractivity contribution < 1.29 is 23.7 Å². The van der Waals surface area contributed by atoms with Crippen molar-refractivity contribution in [3.8, 4) is 0 Å². The molecule has 17 heteroatoms. The van der Waals surface area contributed by atoms with Gasteiger partial charge >= 0.3 is 0 Å². The van der Waals surface area contributed by atoms with Crippen LogP contribution in [0.2, 0.25) is 10.6 Å². The molecule has 4 saturated heterocycles. The van der Waals surface area contributed by atoms with Crippen LogP contribution in [0.3, 0.4) is 0 Å². The summed E-state index contributed by atoms with van der Waals surface area (Å²) in [5, 5.41) is 0.380. The van der Waals surface area contributed by atoms with E-state index in [4.69, 9.17) is 42.1 Å². The summed E-state index contributed by atoms with van der Waals surface area (Å²) in [5.74, 6) is 1.72. The Morgan fingerprint density at radius 3 is 1.80 bits per heavy atom. The van der Waals surface area contributed by atoms with Gasteiger partial charge in [-0.05, 0) is 61.7 Å². The molecule has 2 atom stereocenters. The highest BCUT2D eigenvalue weighted by molar-refractivity contribution is 6.29. The van der Waals surface area contributed by atoms with E-state index in [0.29, 0.717) is 68.9 Å². The van der Waals surface area contributed by atoms with E-state index in [0.717, 1.165) is 81.5 Å². The van der Waals surface area contributed by atoms with Gasteiger partial charge in [-0.15, -0.1) is 0 Å². The first kappa shape index (κ1) is 31.4. The molecule has 0 aliphatic carbocycles. The Labute approximate surface area is 275 Å². The third-order valence-corrected chi connectivity index (χ3v) is 8.87. The number of anilines is 2. The Kier molecular flexibility index (Phi) is 9.74. The zero-order valence-corrected chi connectivity index (χ0v) is 26.9. The van der Waals surface area contributed by atoms with Gasteiger partial charge in [0.25, 0.3) is 0 Å². The summed E-state index contributed by atoms with van der Waals surface area (Å²) in [5.41, 5.74) is 2.65. The molecule has 4 aliphatic rings. The quantitative estimate of drug-likeness (QED) is 0.223. The lowest BCUT2D eigenvalue weighted by atomic mass is 10.2. The molecule has 0 aromatic carbocycles. The van der Waals surface area contributed by atoms with Gasteiger partial charge in [0.1, 0.15) is 12.5 Å². The molecule has 8 heterocycles. The second kappa shape index (κ2) is 14.3. The molecule has 4 fully saturated rings. The fourth-order valence-corrected chi connectivity index (χ4v) is 6.59. The van der Waals surface area contributed by atoms with Crippen molar-refractivity contribution in [2.24, 2.45) is 0 Å². The summed E-state index contributed by atoms with van der Waals surface area (Å²) >= 11 is 12.3. The Balaban J connectivity index is 0.000000147. The van der Waals surface area contributed by atoms with E-state index < -0.39 is 0 Å². The summed E-state index contributed by atoms with van der Waals surface area (Å²) < 4.78 is 26.2. The molecule has 0 N–H and O–H groups in total. The predicted molar refractivity (Wildman–Crippen MR) is 170 cm³/mol. The Morgan fingerprint density at radius 2 is 1.24 bits per heavy atom. The van der Waals surface area contributed by atoms with Crippen molar-refractivity contribution in [2.45, 2.75) is 51.0 Å². The van der Waals surface area contributed by atoms with Crippen LogP contribution in [0.25, 0.3) is 22.3 Å². The highest BCUT2D eigenvalue weighted by atomic mass is 35.5. The molecule has 8 rings (SSSR count). The maximum absolute atomic E-state index is 11.6. The summed E-state index contributed by atoms with van der Waals surface area (Å²) in [6.45, 7) is 7.04. The number of aldehydes is 1. The average molecular weight is 676 g/mol. The third kappa shape index (κ3) is 6.49. The van der Waals surface area contributed by atoms with Gasteiger partial charge in [0.2, 0.25) is 10.6 Å². The zero-order chi connectivity index (χ0) is 31.5. The number of hydrogen-bond donors (Lipinski definition) is 0. The minimum atomic E-state index is -0.243. The summed E-state index contributed by atoms with van der Waals surface area (Å²) in [6.07, 6.45) is 8.38. The number of rotatable bonds is 5. The van der Waals surface area contributed by atoms with Crippen LogP contribution in [-0.4, -0.2) is 111 Å². The minimum Gasteiger partial charge on any atom is -0.378 e. The third-order valence-electron chi connectivity index (χ3n) is 8.53. The molecule has 4 aromatic heterocycles. The van der Waals surface area contributed by atoms with Crippen LogP contribution in [-0.2, 0) is 18.9 Å². The first-order valence-corrected chi connectivity index (χ1v) is 16.6. The largest absolute Gasteiger partial charge is 0.378 e. The topological polar surface area (TPSA) is 148 Å². The SMILES string of the molecule is Clc1nc(N2CCOCC2)c2ncn(C3CCCCO3)c2n1.O=Cc1nc2c(N3CCOCC3)nc(Cl)nc2n1C1CCCCO1. The summed E-state index contributed by atoms with van der Waals surface area (Å²) in [6, 6.07) is 0. The summed E-state index contributed by atoms with van der Waals surface area (Å²) in [7, 11) is 0. The van der Waals surface area contributed by atoms with E-state index in [1.165, 1.54) is 0 Å². The smallest absolute Gasteiger partial charge is 0.226 e. The van der Waals surface area contributed by atoms with Crippen LogP contribution in [0.15, 0.2) is 6.33 Å². The predicted octanol–water partition coefficient (Wildman–Crippen LogP) is 3.84. The van der Waals surface area contributed by atoms with Crippen molar-refractivity contribution in [3.05, 3.63) is 22.7 Å². The van der Waals surface area contributed by atoms with Crippen molar-refractivity contribution >= 4 is 63.5 Å². The molecule has 4 aromatic rings. The lowest BCUT2D eigenvalue weighted by Crippen LogP contribution is -2.37. The Bertz CT molecular complexity index is 1660. The van der Waals surface area contributed by atoms with E-state index in [9.17, 15) is 4.79 Å². The number of carbonyl (C=O) groups is 1. The van der Waals surface area contributed by atoms with Gasteiger partial charge < -0.3 is 28.7 Å². The molecule has 15 nitrogen and oxygen atoms in total. The number of aromatic nitrogens is 8. The molecular formula is C29H36Cl2N10O5. The van der Waals surface area contributed by atoms with Gasteiger partial charge in [-0.1, -0.05) is 0 Å². The molecule has 246 valence electrons. The van der Waals surface area contributed by atoms with Gasteiger partial charge in [0.05, 0.1) is 32.8 Å². The van der Waals surface area contributed by atoms with Crippen molar-refractivity contribution in [1.29, 1.82) is 0 Å². The highest BCUT2D eigenvalue weighted by Gasteiger charge is 2.28. The number of carbonyl (C=O) groups excluding carboxylic acids is 1. The number of halogens is 2. The Hall–Kier alpha value is -3.21. The molecule has 0 saturated carbocycles. The normalized spacial score (nSPS) is 22.6. The molecule has 4 aliphatic heterocycles. The second-order valence-electron chi connectivity index (χ2n) is 11.4. The molecule has 0 spiro atoms. The lowest BCUT2D eigenvalue weighted by molar-refractivity contribution is -0.0306. The number of hydrogen-bond acceptors (Lipinski definition) is 13. The number of nitrogens with zero attached hydrogens (tertiary/aromatic N) is 10. The molecule has 2 unspecified atom stereocenters.